The van der Waals surface area contributed by atoms with Crippen molar-refractivity contribution in [2.45, 2.75) is 29.0 Å². The fourth-order valence-corrected chi connectivity index (χ4v) is 2.34. The molecular formula is C12H8ClF5O2. The van der Waals surface area contributed by atoms with Crippen LogP contribution in [0.2, 0.25) is 0 Å². The third-order valence-corrected chi connectivity index (χ3v) is 3.89. The van der Waals surface area contributed by atoms with Crippen LogP contribution in [0.3, 0.4) is 0 Å². The van der Waals surface area contributed by atoms with Gasteiger partial charge in [-0.2, -0.15) is 17.6 Å². The summed E-state index contributed by atoms with van der Waals surface area (Å²) in [5.74, 6) is -11.5. The second kappa shape index (κ2) is 4.14. The van der Waals surface area contributed by atoms with Gasteiger partial charge in [-0.3, -0.25) is 4.79 Å². The highest BCUT2D eigenvalue weighted by Gasteiger charge is 2.96. The van der Waals surface area contributed by atoms with E-state index in [0.29, 0.717) is 0 Å². The number of carbonyl (C=O) groups is 1. The molecule has 0 amide bonds. The van der Waals surface area contributed by atoms with Gasteiger partial charge in [0.15, 0.2) is 11.4 Å². The van der Waals surface area contributed by atoms with Crippen LogP contribution in [-0.2, 0) is 0 Å². The van der Waals surface area contributed by atoms with Crippen LogP contribution in [0.4, 0.5) is 22.0 Å². The summed E-state index contributed by atoms with van der Waals surface area (Å²) < 4.78 is 65.9. The summed E-state index contributed by atoms with van der Waals surface area (Å²) in [6.45, 7) is 0. The van der Waals surface area contributed by atoms with E-state index >= 15 is 0 Å². The first-order valence-corrected chi connectivity index (χ1v) is 5.81. The van der Waals surface area contributed by atoms with Gasteiger partial charge in [0.25, 0.3) is 5.13 Å². The van der Waals surface area contributed by atoms with Gasteiger partial charge < -0.3 is 5.11 Å². The molecule has 1 saturated carbocycles. The number of benzene rings is 1. The van der Waals surface area contributed by atoms with Gasteiger partial charge in [0, 0.05) is 5.56 Å². The lowest BCUT2D eigenvalue weighted by atomic mass is 9.66. The summed E-state index contributed by atoms with van der Waals surface area (Å²) in [5.41, 5.74) is -4.09. The lowest BCUT2D eigenvalue weighted by Crippen LogP contribution is -2.86. The third kappa shape index (κ3) is 1.56. The summed E-state index contributed by atoms with van der Waals surface area (Å²) >= 11 is 4.72. The quantitative estimate of drug-likeness (QED) is 0.528. The molecule has 1 N–H and O–H groups in total. The molecule has 0 saturated heterocycles. The molecule has 1 aromatic carbocycles. The Morgan fingerprint density at radius 1 is 1.05 bits per heavy atom. The molecule has 8 heteroatoms. The zero-order valence-electron chi connectivity index (χ0n) is 9.72. The Balaban J connectivity index is 2.32. The lowest BCUT2D eigenvalue weighted by molar-refractivity contribution is -0.429. The van der Waals surface area contributed by atoms with Crippen molar-refractivity contribution in [2.75, 3.05) is 0 Å². The summed E-state index contributed by atoms with van der Waals surface area (Å²) in [6.07, 6.45) is -1.56. The molecule has 0 aliphatic heterocycles. The summed E-state index contributed by atoms with van der Waals surface area (Å²) in [6, 6.07) is 6.75. The standard InChI is InChI=1S/C12H8ClF5O2/c13-10(14)9(20,11(15,16)12(10,17)18)6-8(19)7-4-2-1-3-5-7/h1-5,20H,6H2. The molecule has 0 heterocycles. The highest BCUT2D eigenvalue weighted by Crippen LogP contribution is 2.69. The van der Waals surface area contributed by atoms with Crippen LogP contribution < -0.4 is 0 Å². The molecule has 20 heavy (non-hydrogen) atoms. The van der Waals surface area contributed by atoms with Crippen molar-refractivity contribution in [3.63, 3.8) is 0 Å². The highest BCUT2D eigenvalue weighted by atomic mass is 35.5. The van der Waals surface area contributed by atoms with Crippen LogP contribution >= 0.6 is 11.6 Å². The van der Waals surface area contributed by atoms with Gasteiger partial charge in [-0.05, 0) is 0 Å². The predicted octanol–water partition coefficient (Wildman–Crippen LogP) is 3.18. The maximum absolute atomic E-state index is 13.5. The predicted molar refractivity (Wildman–Crippen MR) is 59.9 cm³/mol. The Morgan fingerprint density at radius 3 is 2.00 bits per heavy atom. The number of aliphatic hydroxyl groups is 1. The second-order valence-electron chi connectivity index (χ2n) is 4.55. The molecule has 0 spiro atoms. The van der Waals surface area contributed by atoms with Gasteiger partial charge >= 0.3 is 11.8 Å². The minimum Gasteiger partial charge on any atom is -0.379 e. The SMILES string of the molecule is O=C(CC1(O)C(F)(F)C(F)(F)C1(F)Cl)c1ccccc1. The summed E-state index contributed by atoms with van der Waals surface area (Å²) in [5, 5.41) is 5.07. The maximum atomic E-state index is 13.5. The van der Waals surface area contributed by atoms with Crippen LogP contribution in [0.15, 0.2) is 30.3 Å². The fraction of sp³-hybridized carbons (Fsp3) is 0.417. The smallest absolute Gasteiger partial charge is 0.363 e. The minimum absolute atomic E-state index is 0.126. The van der Waals surface area contributed by atoms with Crippen molar-refractivity contribution in [3.05, 3.63) is 35.9 Å². The third-order valence-electron chi connectivity index (χ3n) is 3.34. The Morgan fingerprint density at radius 2 is 1.55 bits per heavy atom. The number of carbonyl (C=O) groups excluding carboxylic acids is 1. The molecule has 0 bridgehead atoms. The molecule has 2 unspecified atom stereocenters. The zero-order chi connectivity index (χ0) is 15.4. The van der Waals surface area contributed by atoms with Crippen molar-refractivity contribution in [1.82, 2.24) is 0 Å². The fourth-order valence-electron chi connectivity index (χ4n) is 2.03. The Hall–Kier alpha value is -1.21. The van der Waals surface area contributed by atoms with E-state index in [2.05, 4.69) is 0 Å². The van der Waals surface area contributed by atoms with Gasteiger partial charge in [-0.15, -0.1) is 0 Å². The van der Waals surface area contributed by atoms with Crippen LogP contribution in [0.25, 0.3) is 0 Å². The summed E-state index contributed by atoms with van der Waals surface area (Å²) in [7, 11) is 0. The molecule has 110 valence electrons. The first kappa shape index (κ1) is 15.2. The van der Waals surface area contributed by atoms with Crippen molar-refractivity contribution in [1.29, 1.82) is 0 Å². The van der Waals surface area contributed by atoms with Crippen LogP contribution in [-0.4, -0.2) is 33.5 Å². The average Bonchev–Trinajstić information content (AvgIpc) is 2.38. The highest BCUT2D eigenvalue weighted by molar-refractivity contribution is 6.26. The topological polar surface area (TPSA) is 37.3 Å². The van der Waals surface area contributed by atoms with E-state index in [1.807, 2.05) is 0 Å². The number of ketones is 1. The van der Waals surface area contributed by atoms with Crippen molar-refractivity contribution < 1.29 is 31.9 Å². The van der Waals surface area contributed by atoms with Crippen LogP contribution in [0, 0.1) is 0 Å². The first-order chi connectivity index (χ1) is 8.99. The molecule has 1 aromatic rings. The normalized spacial score (nSPS) is 34.4. The first-order valence-electron chi connectivity index (χ1n) is 5.43. The summed E-state index contributed by atoms with van der Waals surface area (Å²) in [4.78, 5) is 11.7. The number of alkyl halides is 6. The van der Waals surface area contributed by atoms with Crippen molar-refractivity contribution >= 4 is 17.4 Å². The largest absolute Gasteiger partial charge is 0.379 e. The van der Waals surface area contributed by atoms with E-state index < -0.39 is 34.8 Å². The van der Waals surface area contributed by atoms with Gasteiger partial charge in [0.2, 0.25) is 0 Å². The molecular weight excluding hydrogens is 307 g/mol. The van der Waals surface area contributed by atoms with E-state index in [-0.39, 0.29) is 5.56 Å². The Kier molecular flexibility index (Phi) is 3.15. The number of hydrogen-bond donors (Lipinski definition) is 1. The molecule has 2 rings (SSSR count). The zero-order valence-corrected chi connectivity index (χ0v) is 10.5. The maximum Gasteiger partial charge on any atom is 0.363 e. The molecule has 1 aliphatic rings. The molecule has 0 aromatic heterocycles. The average molecular weight is 315 g/mol. The number of halogens is 6. The molecule has 1 fully saturated rings. The number of Topliss-reactive ketones (excluding diaryl/α,β-unsaturated/α-hetero) is 1. The number of hydrogen-bond acceptors (Lipinski definition) is 2. The number of rotatable bonds is 3. The van der Waals surface area contributed by atoms with Crippen molar-refractivity contribution in [3.8, 4) is 0 Å². The molecule has 2 nitrogen and oxygen atoms in total. The molecule has 2 atom stereocenters. The van der Waals surface area contributed by atoms with E-state index in [1.165, 1.54) is 30.3 Å². The second-order valence-corrected chi connectivity index (χ2v) is 5.07. The Bertz CT molecular complexity index is 526. The lowest BCUT2D eigenvalue weighted by Gasteiger charge is -2.56. The van der Waals surface area contributed by atoms with Crippen molar-refractivity contribution in [2.24, 2.45) is 0 Å². The minimum atomic E-state index is -5.26. The van der Waals surface area contributed by atoms with E-state index in [9.17, 15) is 31.9 Å². The monoisotopic (exact) mass is 314 g/mol. The van der Waals surface area contributed by atoms with Crippen LogP contribution in [0.1, 0.15) is 16.8 Å². The molecule has 0 radical (unpaired) electrons. The van der Waals surface area contributed by atoms with Gasteiger partial charge in [-0.25, -0.2) is 4.39 Å². The molecule has 1 aliphatic carbocycles. The van der Waals surface area contributed by atoms with E-state index in [4.69, 9.17) is 11.6 Å². The van der Waals surface area contributed by atoms with Gasteiger partial charge in [0.1, 0.15) is 0 Å². The Labute approximate surface area is 115 Å². The van der Waals surface area contributed by atoms with Crippen LogP contribution in [0.5, 0.6) is 0 Å². The van der Waals surface area contributed by atoms with E-state index in [1.54, 1.807) is 0 Å². The van der Waals surface area contributed by atoms with Gasteiger partial charge in [0.05, 0.1) is 6.42 Å². The van der Waals surface area contributed by atoms with E-state index in [0.717, 1.165) is 0 Å². The van der Waals surface area contributed by atoms with Gasteiger partial charge in [-0.1, -0.05) is 41.9 Å².